The molecule has 2 aromatic rings. The van der Waals surface area contributed by atoms with E-state index in [1.165, 1.54) is 6.07 Å². The van der Waals surface area contributed by atoms with E-state index in [-0.39, 0.29) is 22.0 Å². The van der Waals surface area contributed by atoms with Crippen molar-refractivity contribution >= 4 is 21.8 Å². The number of hydrogen-bond acceptors (Lipinski definition) is 3. The minimum Gasteiger partial charge on any atom is -0.497 e. The Labute approximate surface area is 176 Å². The summed E-state index contributed by atoms with van der Waals surface area (Å²) in [6.45, 7) is 1.42. The molecular formula is C21H22BrF3N2O2. The number of nitrogens with zero attached hydrogens (tertiary/aromatic N) is 1. The Morgan fingerprint density at radius 2 is 1.90 bits per heavy atom. The van der Waals surface area contributed by atoms with Gasteiger partial charge in [0, 0.05) is 35.6 Å². The van der Waals surface area contributed by atoms with E-state index in [0.29, 0.717) is 13.0 Å². The molecular weight excluding hydrogens is 449 g/mol. The van der Waals surface area contributed by atoms with Gasteiger partial charge in [-0.3, -0.25) is 4.79 Å². The van der Waals surface area contributed by atoms with Gasteiger partial charge in [0.15, 0.2) is 0 Å². The lowest BCUT2D eigenvalue weighted by Crippen LogP contribution is -2.49. The van der Waals surface area contributed by atoms with E-state index in [2.05, 4.69) is 21.2 Å². The Morgan fingerprint density at radius 1 is 1.21 bits per heavy atom. The number of methoxy groups -OCH3 is 1. The molecule has 29 heavy (non-hydrogen) atoms. The first-order chi connectivity index (χ1) is 13.7. The zero-order chi connectivity index (χ0) is 21.2. The van der Waals surface area contributed by atoms with Crippen LogP contribution in [0.2, 0.25) is 0 Å². The van der Waals surface area contributed by atoms with Crippen molar-refractivity contribution in [1.29, 1.82) is 0 Å². The summed E-state index contributed by atoms with van der Waals surface area (Å²) >= 11 is 3.09. The third-order valence-electron chi connectivity index (χ3n) is 5.28. The van der Waals surface area contributed by atoms with Crippen LogP contribution in [0.4, 0.5) is 13.2 Å². The van der Waals surface area contributed by atoms with Crippen LogP contribution in [0.15, 0.2) is 46.9 Å². The summed E-state index contributed by atoms with van der Waals surface area (Å²) in [4.78, 5) is 14.6. The Hall–Kier alpha value is -2.06. The Bertz CT molecular complexity index is 871. The van der Waals surface area contributed by atoms with Crippen LogP contribution < -0.4 is 10.1 Å². The molecule has 1 aliphatic heterocycles. The summed E-state index contributed by atoms with van der Waals surface area (Å²) in [5.41, 5.74) is 0.217. The normalized spacial score (nSPS) is 19.7. The lowest BCUT2D eigenvalue weighted by atomic mass is 9.85. The lowest BCUT2D eigenvalue weighted by Gasteiger charge is -2.39. The number of amides is 1. The maximum absolute atomic E-state index is 13.1. The van der Waals surface area contributed by atoms with E-state index in [0.717, 1.165) is 30.0 Å². The van der Waals surface area contributed by atoms with Gasteiger partial charge >= 0.3 is 6.18 Å². The summed E-state index contributed by atoms with van der Waals surface area (Å²) in [7, 11) is 3.25. The van der Waals surface area contributed by atoms with Crippen LogP contribution in [0.1, 0.15) is 33.8 Å². The molecule has 3 rings (SSSR count). The van der Waals surface area contributed by atoms with Crippen LogP contribution in [0, 0.1) is 0 Å². The number of likely N-dealkylation sites (N-methyl/N-ethyl adjacent to an activating group) is 1. The molecule has 2 aromatic carbocycles. The summed E-state index contributed by atoms with van der Waals surface area (Å²) in [6.07, 6.45) is -3.81. The van der Waals surface area contributed by atoms with E-state index >= 15 is 0 Å². The number of ether oxygens (including phenoxy) is 1. The van der Waals surface area contributed by atoms with Gasteiger partial charge in [-0.15, -0.1) is 0 Å². The third kappa shape index (κ3) is 4.93. The second-order valence-corrected chi connectivity index (χ2v) is 8.00. The van der Waals surface area contributed by atoms with E-state index in [9.17, 15) is 18.0 Å². The summed E-state index contributed by atoms with van der Waals surface area (Å²) in [5.74, 6) is 0.340. The molecule has 0 spiro atoms. The monoisotopic (exact) mass is 470 g/mol. The van der Waals surface area contributed by atoms with Gasteiger partial charge in [-0.1, -0.05) is 28.1 Å². The van der Waals surface area contributed by atoms with E-state index in [4.69, 9.17) is 4.74 Å². The quantitative estimate of drug-likeness (QED) is 0.704. The topological polar surface area (TPSA) is 41.6 Å². The molecule has 1 saturated heterocycles. The molecule has 8 heteroatoms. The number of carbonyl (C=O) groups is 1. The van der Waals surface area contributed by atoms with Crippen molar-refractivity contribution < 1.29 is 22.7 Å². The van der Waals surface area contributed by atoms with Crippen LogP contribution in [0.5, 0.6) is 5.75 Å². The van der Waals surface area contributed by atoms with Crippen LogP contribution in [-0.2, 0) is 6.18 Å². The molecule has 0 saturated carbocycles. The number of carbonyl (C=O) groups excluding carboxylic acids is 1. The maximum atomic E-state index is 13.1. The smallest absolute Gasteiger partial charge is 0.416 e. The second kappa shape index (κ2) is 8.75. The van der Waals surface area contributed by atoms with Crippen molar-refractivity contribution in [2.24, 2.45) is 0 Å². The zero-order valence-electron chi connectivity index (χ0n) is 16.1. The first kappa shape index (κ1) is 21.6. The molecule has 0 bridgehead atoms. The third-order valence-corrected chi connectivity index (χ3v) is 5.74. The molecule has 2 atom stereocenters. The highest BCUT2D eigenvalue weighted by Crippen LogP contribution is 2.33. The van der Waals surface area contributed by atoms with Gasteiger partial charge in [0.25, 0.3) is 5.91 Å². The molecule has 2 unspecified atom stereocenters. The predicted molar refractivity (Wildman–Crippen MR) is 108 cm³/mol. The van der Waals surface area contributed by atoms with Gasteiger partial charge in [0.1, 0.15) is 5.75 Å². The Kier molecular flexibility index (Phi) is 6.53. The average Bonchev–Trinajstić information content (AvgIpc) is 2.71. The van der Waals surface area contributed by atoms with Gasteiger partial charge in [-0.2, -0.15) is 13.2 Å². The number of halogens is 4. The molecule has 4 nitrogen and oxygen atoms in total. The van der Waals surface area contributed by atoms with Crippen molar-refractivity contribution in [3.05, 3.63) is 63.6 Å². The average molecular weight is 471 g/mol. The highest BCUT2D eigenvalue weighted by Gasteiger charge is 2.35. The number of piperidine rings is 1. The largest absolute Gasteiger partial charge is 0.497 e. The van der Waals surface area contributed by atoms with Crippen molar-refractivity contribution in [2.45, 2.75) is 24.6 Å². The number of nitrogens with one attached hydrogen (secondary N) is 1. The second-order valence-electron chi connectivity index (χ2n) is 7.08. The minimum atomic E-state index is -4.52. The lowest BCUT2D eigenvalue weighted by molar-refractivity contribution is -0.137. The number of rotatable bonds is 4. The molecule has 1 fully saturated rings. The summed E-state index contributed by atoms with van der Waals surface area (Å²) < 4.78 is 44.9. The van der Waals surface area contributed by atoms with Crippen molar-refractivity contribution in [3.63, 3.8) is 0 Å². The molecule has 156 valence electrons. The van der Waals surface area contributed by atoms with Crippen LogP contribution >= 0.6 is 15.9 Å². The molecule has 1 N–H and O–H groups in total. The van der Waals surface area contributed by atoms with Gasteiger partial charge in [0.05, 0.1) is 12.7 Å². The van der Waals surface area contributed by atoms with E-state index in [1.807, 2.05) is 24.3 Å². The highest BCUT2D eigenvalue weighted by atomic mass is 79.9. The Morgan fingerprint density at radius 3 is 2.52 bits per heavy atom. The fourth-order valence-corrected chi connectivity index (χ4v) is 4.22. The van der Waals surface area contributed by atoms with Crippen LogP contribution in [0.25, 0.3) is 0 Å². The standard InChI is InChI=1S/C21H22BrF3N2O2/c1-27(20(28)14-9-15(21(23,24)25)11-16(22)10-14)19-7-8-26-12-18(19)13-3-5-17(29-2)6-4-13/h3-6,9-11,18-19,26H,7-8,12H2,1-2H3. The van der Waals surface area contributed by atoms with E-state index < -0.39 is 17.6 Å². The molecule has 1 amide bonds. The molecule has 0 aliphatic carbocycles. The molecule has 1 aliphatic rings. The fraction of sp³-hybridized carbons (Fsp3) is 0.381. The zero-order valence-corrected chi connectivity index (χ0v) is 17.7. The van der Waals surface area contributed by atoms with Crippen molar-refractivity contribution in [2.75, 3.05) is 27.2 Å². The first-order valence-corrected chi connectivity index (χ1v) is 9.99. The van der Waals surface area contributed by atoms with Crippen LogP contribution in [0.3, 0.4) is 0 Å². The van der Waals surface area contributed by atoms with Crippen molar-refractivity contribution in [3.8, 4) is 5.75 Å². The highest BCUT2D eigenvalue weighted by molar-refractivity contribution is 9.10. The van der Waals surface area contributed by atoms with E-state index in [1.54, 1.807) is 19.1 Å². The Balaban J connectivity index is 1.87. The fourth-order valence-electron chi connectivity index (χ4n) is 3.73. The molecule has 0 radical (unpaired) electrons. The first-order valence-electron chi connectivity index (χ1n) is 9.20. The van der Waals surface area contributed by atoms with Crippen LogP contribution in [-0.4, -0.2) is 44.1 Å². The van der Waals surface area contributed by atoms with Crippen molar-refractivity contribution in [1.82, 2.24) is 10.2 Å². The minimum absolute atomic E-state index is 0.0150. The van der Waals surface area contributed by atoms with Gasteiger partial charge in [0.2, 0.25) is 0 Å². The van der Waals surface area contributed by atoms with Gasteiger partial charge in [-0.25, -0.2) is 0 Å². The van der Waals surface area contributed by atoms with Gasteiger partial charge < -0.3 is 15.0 Å². The molecule has 1 heterocycles. The summed E-state index contributed by atoms with van der Waals surface area (Å²) in [6, 6.07) is 10.8. The molecule has 0 aromatic heterocycles. The maximum Gasteiger partial charge on any atom is 0.416 e. The summed E-state index contributed by atoms with van der Waals surface area (Å²) in [5, 5.41) is 3.34. The van der Waals surface area contributed by atoms with Gasteiger partial charge in [-0.05, 0) is 48.9 Å². The number of benzene rings is 2. The number of alkyl halides is 3. The SMILES string of the molecule is COc1ccc(C2CNCCC2N(C)C(=O)c2cc(Br)cc(C(F)(F)F)c2)cc1. The predicted octanol–water partition coefficient (Wildman–Crippen LogP) is 4.69. The number of hydrogen-bond donors (Lipinski definition) is 1.